The molecule has 2 aromatic rings. The van der Waals surface area contributed by atoms with Crippen LogP contribution in [0.5, 0.6) is 11.5 Å². The van der Waals surface area contributed by atoms with Crippen molar-refractivity contribution in [3.63, 3.8) is 0 Å². The van der Waals surface area contributed by atoms with Gasteiger partial charge in [0, 0.05) is 13.3 Å². The van der Waals surface area contributed by atoms with Gasteiger partial charge in [-0.15, -0.1) is 0 Å². The zero-order valence-electron chi connectivity index (χ0n) is 16.1. The molecule has 150 valence electrons. The topological polar surface area (TPSA) is 88.5 Å². The Kier molecular flexibility index (Phi) is 4.13. The summed E-state index contributed by atoms with van der Waals surface area (Å²) in [6.45, 7) is 1.51. The molecule has 1 fully saturated rings. The van der Waals surface area contributed by atoms with Crippen molar-refractivity contribution in [2.45, 2.75) is 19.4 Å². The lowest BCUT2D eigenvalue weighted by Crippen LogP contribution is -2.40. The number of benzene rings is 2. The molecule has 0 aliphatic carbocycles. The summed E-state index contributed by atoms with van der Waals surface area (Å²) in [7, 11) is 0. The minimum Gasteiger partial charge on any atom is -0.454 e. The summed E-state index contributed by atoms with van der Waals surface area (Å²) in [5, 5.41) is 0. The Morgan fingerprint density at radius 3 is 2.67 bits per heavy atom. The third-order valence-corrected chi connectivity index (χ3v) is 5.19. The van der Waals surface area contributed by atoms with Crippen LogP contribution in [0.4, 0.5) is 0 Å². The Balaban J connectivity index is 1.49. The van der Waals surface area contributed by atoms with Crippen molar-refractivity contribution in [2.24, 2.45) is 4.99 Å². The number of hydrogen-bond donors (Lipinski definition) is 0. The van der Waals surface area contributed by atoms with Crippen molar-refractivity contribution >= 4 is 29.8 Å². The number of carbonyl (C=O) groups is 3. The fourth-order valence-electron chi connectivity index (χ4n) is 3.80. The van der Waals surface area contributed by atoms with Crippen LogP contribution in [0.2, 0.25) is 0 Å². The molecule has 1 saturated heterocycles. The molecule has 1 unspecified atom stereocenters. The van der Waals surface area contributed by atoms with Crippen molar-refractivity contribution < 1.29 is 23.9 Å². The van der Waals surface area contributed by atoms with E-state index in [0.29, 0.717) is 23.5 Å². The van der Waals surface area contributed by atoms with Gasteiger partial charge in [-0.3, -0.25) is 19.3 Å². The molecule has 0 spiro atoms. The molecule has 5 rings (SSSR count). The number of carbonyl (C=O) groups excluding carboxylic acids is 3. The lowest BCUT2D eigenvalue weighted by atomic mass is 10.0. The van der Waals surface area contributed by atoms with Gasteiger partial charge in [-0.2, -0.15) is 0 Å². The van der Waals surface area contributed by atoms with Crippen molar-refractivity contribution in [3.05, 3.63) is 65.4 Å². The molecular formula is C22H17N3O5. The molecule has 3 aliphatic rings. The zero-order valence-corrected chi connectivity index (χ0v) is 16.1. The number of hydrogen-bond acceptors (Lipinski definition) is 6. The Morgan fingerprint density at radius 2 is 1.90 bits per heavy atom. The maximum atomic E-state index is 13.0. The second kappa shape index (κ2) is 6.84. The van der Waals surface area contributed by atoms with Gasteiger partial charge in [0.15, 0.2) is 11.5 Å². The van der Waals surface area contributed by atoms with E-state index in [0.717, 1.165) is 10.5 Å². The van der Waals surface area contributed by atoms with E-state index in [1.165, 1.54) is 11.8 Å². The molecule has 3 aliphatic heterocycles. The largest absolute Gasteiger partial charge is 0.454 e. The molecule has 0 radical (unpaired) electrons. The fraction of sp³-hybridized carbons (Fsp3) is 0.182. The molecule has 0 saturated carbocycles. The summed E-state index contributed by atoms with van der Waals surface area (Å²) in [6.07, 6.45) is 1.87. The van der Waals surface area contributed by atoms with Gasteiger partial charge in [-0.25, -0.2) is 9.89 Å². The van der Waals surface area contributed by atoms with Gasteiger partial charge in [-0.1, -0.05) is 36.4 Å². The average Bonchev–Trinajstić information content (AvgIpc) is 3.39. The van der Waals surface area contributed by atoms with Crippen LogP contribution >= 0.6 is 0 Å². The number of imide groups is 1. The van der Waals surface area contributed by atoms with E-state index in [9.17, 15) is 14.4 Å². The van der Waals surface area contributed by atoms with Crippen molar-refractivity contribution in [1.29, 1.82) is 0 Å². The average molecular weight is 403 g/mol. The van der Waals surface area contributed by atoms with Crippen LogP contribution in [0.3, 0.4) is 0 Å². The summed E-state index contributed by atoms with van der Waals surface area (Å²) >= 11 is 0. The Bertz CT molecular complexity index is 1140. The fourth-order valence-corrected chi connectivity index (χ4v) is 3.80. The monoisotopic (exact) mass is 403 g/mol. The van der Waals surface area contributed by atoms with Crippen molar-refractivity contribution in [1.82, 2.24) is 9.80 Å². The highest BCUT2D eigenvalue weighted by atomic mass is 16.7. The predicted molar refractivity (Wildman–Crippen MR) is 106 cm³/mol. The molecule has 0 N–H and O–H groups in total. The molecular weight excluding hydrogens is 386 g/mol. The zero-order chi connectivity index (χ0) is 20.8. The standard InChI is InChI=1S/C22H17N3O5/c1-13(26)24-17(10-14-5-3-2-4-6-14)21(28)25-20(27)16(23-22(24)25)9-15-7-8-18-19(11-15)30-12-29-18/h2-9,11,17H,10,12H2,1H3. The molecule has 0 aromatic heterocycles. The number of nitrogens with zero attached hydrogens (tertiary/aromatic N) is 3. The van der Waals surface area contributed by atoms with Crippen LogP contribution in [-0.4, -0.2) is 46.3 Å². The van der Waals surface area contributed by atoms with E-state index in [-0.39, 0.29) is 24.4 Å². The summed E-state index contributed by atoms with van der Waals surface area (Å²) in [5.74, 6) is -0.0784. The first-order chi connectivity index (χ1) is 14.5. The second-order valence-corrected chi connectivity index (χ2v) is 7.13. The highest BCUT2D eigenvalue weighted by molar-refractivity contribution is 6.29. The van der Waals surface area contributed by atoms with Crippen molar-refractivity contribution in [3.8, 4) is 11.5 Å². The minimum absolute atomic E-state index is 0.0606. The first-order valence-corrected chi connectivity index (χ1v) is 9.45. The van der Waals surface area contributed by atoms with Gasteiger partial charge < -0.3 is 9.47 Å². The van der Waals surface area contributed by atoms with Crippen LogP contribution in [0.25, 0.3) is 6.08 Å². The van der Waals surface area contributed by atoms with E-state index < -0.39 is 17.9 Å². The quantitative estimate of drug-likeness (QED) is 0.577. The highest BCUT2D eigenvalue weighted by Gasteiger charge is 2.52. The number of rotatable bonds is 3. The molecule has 3 heterocycles. The third-order valence-electron chi connectivity index (χ3n) is 5.19. The van der Waals surface area contributed by atoms with E-state index >= 15 is 0 Å². The smallest absolute Gasteiger partial charge is 0.286 e. The first-order valence-electron chi connectivity index (χ1n) is 9.45. The number of amides is 3. The summed E-state index contributed by atoms with van der Waals surface area (Å²) in [5.41, 5.74) is 1.66. The van der Waals surface area contributed by atoms with Crippen molar-refractivity contribution in [2.75, 3.05) is 6.79 Å². The lowest BCUT2D eigenvalue weighted by molar-refractivity contribution is -0.138. The summed E-state index contributed by atoms with van der Waals surface area (Å²) in [4.78, 5) is 44.9. The van der Waals surface area contributed by atoms with Gasteiger partial charge >= 0.3 is 0 Å². The Morgan fingerprint density at radius 1 is 1.13 bits per heavy atom. The normalized spacial score (nSPS) is 20.8. The van der Waals surface area contributed by atoms with E-state index in [1.54, 1.807) is 24.3 Å². The van der Waals surface area contributed by atoms with Gasteiger partial charge in [0.2, 0.25) is 18.7 Å². The molecule has 30 heavy (non-hydrogen) atoms. The molecule has 1 atom stereocenters. The first kappa shape index (κ1) is 18.1. The van der Waals surface area contributed by atoms with Gasteiger partial charge in [-0.05, 0) is 29.3 Å². The van der Waals surface area contributed by atoms with Crippen LogP contribution in [0.1, 0.15) is 18.1 Å². The molecule has 0 bridgehead atoms. The summed E-state index contributed by atoms with van der Waals surface area (Å²) in [6, 6.07) is 13.8. The van der Waals surface area contributed by atoms with Crippen LogP contribution in [-0.2, 0) is 20.8 Å². The number of aliphatic imine (C=N–C) groups is 1. The van der Waals surface area contributed by atoms with Crippen LogP contribution in [0, 0.1) is 0 Å². The van der Waals surface area contributed by atoms with Crippen LogP contribution in [0.15, 0.2) is 59.2 Å². The Hall–Kier alpha value is -3.94. The molecule has 8 heteroatoms. The maximum absolute atomic E-state index is 13.0. The Labute approximate surface area is 172 Å². The maximum Gasteiger partial charge on any atom is 0.286 e. The second-order valence-electron chi connectivity index (χ2n) is 7.13. The predicted octanol–water partition coefficient (Wildman–Crippen LogP) is 1.95. The number of ether oxygens (including phenoxy) is 2. The van der Waals surface area contributed by atoms with E-state index in [1.807, 2.05) is 30.3 Å². The van der Waals surface area contributed by atoms with Gasteiger partial charge in [0.25, 0.3) is 11.8 Å². The molecule has 2 aromatic carbocycles. The number of guanidine groups is 1. The number of fused-ring (bicyclic) bond motifs is 2. The molecule has 8 nitrogen and oxygen atoms in total. The highest BCUT2D eigenvalue weighted by Crippen LogP contribution is 2.34. The minimum atomic E-state index is -0.792. The van der Waals surface area contributed by atoms with E-state index in [4.69, 9.17) is 9.47 Å². The van der Waals surface area contributed by atoms with Crippen LogP contribution < -0.4 is 9.47 Å². The molecule has 3 amide bonds. The third kappa shape index (κ3) is 2.85. The van der Waals surface area contributed by atoms with Gasteiger partial charge in [0.05, 0.1) is 0 Å². The SMILES string of the molecule is CC(=O)N1C2=NC(=Cc3ccc4c(c3)OCO4)C(=O)N2C(=O)C1Cc1ccccc1. The summed E-state index contributed by atoms with van der Waals surface area (Å²) < 4.78 is 10.6. The van der Waals surface area contributed by atoms with Gasteiger partial charge in [0.1, 0.15) is 11.7 Å². The lowest BCUT2D eigenvalue weighted by Gasteiger charge is -2.19. The van der Waals surface area contributed by atoms with E-state index in [2.05, 4.69) is 4.99 Å².